The van der Waals surface area contributed by atoms with E-state index in [1.54, 1.807) is 0 Å². The van der Waals surface area contributed by atoms with Crippen molar-refractivity contribution in [2.75, 3.05) is 6.61 Å². The minimum atomic E-state index is -1.64. The summed E-state index contributed by atoms with van der Waals surface area (Å²) in [7, 11) is 0. The van der Waals surface area contributed by atoms with Gasteiger partial charge in [0.2, 0.25) is 5.91 Å². The Bertz CT molecular complexity index is 465. The number of hydrogen-bond donors (Lipinski definition) is 7. The lowest BCUT2D eigenvalue weighted by Crippen LogP contribution is -2.67. The zero-order valence-electron chi connectivity index (χ0n) is 13.8. The summed E-state index contributed by atoms with van der Waals surface area (Å²) in [4.78, 5) is 11.3. The first kappa shape index (κ1) is 20.4. The third-order valence-corrected chi connectivity index (χ3v) is 4.34. The third-order valence-electron chi connectivity index (χ3n) is 4.34. The van der Waals surface area contributed by atoms with Gasteiger partial charge in [-0.25, -0.2) is 0 Å². The molecule has 2 rings (SSSR count). The largest absolute Gasteiger partial charge is 0.394 e. The second-order valence-corrected chi connectivity index (χ2v) is 6.25. The fourth-order valence-corrected chi connectivity index (χ4v) is 2.92. The molecule has 0 aromatic carbocycles. The van der Waals surface area contributed by atoms with Crippen LogP contribution in [0.25, 0.3) is 0 Å². The van der Waals surface area contributed by atoms with Gasteiger partial charge in [-0.2, -0.15) is 0 Å². The standard InChI is InChI=1S/C14H25NO10/c1-4-8(18)10(20)11(21)14(23-4)25-12-7(15-5(2)17)13(22)24-6(3-16)9(12)19/h4,6-14,16,18-22H,3H2,1-2H3,(H,15,17)/t4-,6-,7-,8+,9+,10+,11-,12-,13-,14+/m1/s1. The molecule has 25 heavy (non-hydrogen) atoms. The van der Waals surface area contributed by atoms with Crippen LogP contribution in [0.4, 0.5) is 0 Å². The van der Waals surface area contributed by atoms with Crippen LogP contribution in [0.1, 0.15) is 13.8 Å². The highest BCUT2D eigenvalue weighted by molar-refractivity contribution is 5.73. The van der Waals surface area contributed by atoms with Crippen LogP contribution in [-0.4, -0.2) is 105 Å². The molecule has 0 aromatic rings. The van der Waals surface area contributed by atoms with Crippen molar-refractivity contribution >= 4 is 5.91 Å². The normalized spacial score (nSPS) is 48.2. The minimum Gasteiger partial charge on any atom is -0.394 e. The van der Waals surface area contributed by atoms with Gasteiger partial charge in [0.05, 0.1) is 12.7 Å². The Morgan fingerprint density at radius 3 is 2.24 bits per heavy atom. The number of carbonyl (C=O) groups excluding carboxylic acids is 1. The third kappa shape index (κ3) is 4.27. The van der Waals surface area contributed by atoms with Crippen LogP contribution >= 0.6 is 0 Å². The number of ether oxygens (including phenoxy) is 3. The van der Waals surface area contributed by atoms with E-state index in [0.29, 0.717) is 0 Å². The minimum absolute atomic E-state index is 0.537. The molecule has 7 N–H and O–H groups in total. The summed E-state index contributed by atoms with van der Waals surface area (Å²) < 4.78 is 15.8. The molecule has 146 valence electrons. The second kappa shape index (κ2) is 8.20. The molecule has 0 radical (unpaired) electrons. The number of aliphatic hydroxyl groups excluding tert-OH is 6. The zero-order chi connectivity index (χ0) is 18.9. The molecule has 0 aromatic heterocycles. The fourth-order valence-electron chi connectivity index (χ4n) is 2.92. The quantitative estimate of drug-likeness (QED) is 0.257. The SMILES string of the molecule is CC(=O)N[C@@H]1[C@@H](O[C@@H]2O[C@H](C)[C@H](O)[C@H](O)[C@H]2O)[C@@H](O)[C@@H](CO)O[C@H]1O. The first-order valence-corrected chi connectivity index (χ1v) is 7.92. The zero-order valence-corrected chi connectivity index (χ0v) is 13.8. The van der Waals surface area contributed by atoms with Gasteiger partial charge in [-0.3, -0.25) is 4.79 Å². The lowest BCUT2D eigenvalue weighted by Gasteiger charge is -2.46. The number of aliphatic hydroxyl groups is 6. The van der Waals surface area contributed by atoms with Crippen molar-refractivity contribution in [1.82, 2.24) is 5.32 Å². The van der Waals surface area contributed by atoms with Crippen LogP contribution in [-0.2, 0) is 19.0 Å². The molecule has 0 unspecified atom stereocenters. The Labute approximate surface area is 143 Å². The highest BCUT2D eigenvalue weighted by Gasteiger charge is 2.50. The summed E-state index contributed by atoms with van der Waals surface area (Å²) in [6, 6.07) is -1.22. The first-order valence-electron chi connectivity index (χ1n) is 7.92. The van der Waals surface area contributed by atoms with Crippen LogP contribution in [0, 0.1) is 0 Å². The highest BCUT2D eigenvalue weighted by Crippen LogP contribution is 2.28. The van der Waals surface area contributed by atoms with Crippen LogP contribution in [0.15, 0.2) is 0 Å². The Morgan fingerprint density at radius 2 is 1.68 bits per heavy atom. The van der Waals surface area contributed by atoms with Crippen molar-refractivity contribution < 1.29 is 49.6 Å². The maximum absolute atomic E-state index is 11.3. The van der Waals surface area contributed by atoms with Crippen molar-refractivity contribution in [3.8, 4) is 0 Å². The van der Waals surface area contributed by atoms with Gasteiger partial charge in [0, 0.05) is 6.92 Å². The molecule has 11 nitrogen and oxygen atoms in total. The van der Waals surface area contributed by atoms with Gasteiger partial charge in [0.15, 0.2) is 12.6 Å². The Balaban J connectivity index is 2.20. The molecule has 11 heteroatoms. The van der Waals surface area contributed by atoms with E-state index in [1.165, 1.54) is 13.8 Å². The maximum Gasteiger partial charge on any atom is 0.217 e. The van der Waals surface area contributed by atoms with Gasteiger partial charge in [-0.15, -0.1) is 0 Å². The summed E-state index contributed by atoms with van der Waals surface area (Å²) in [5.74, 6) is -0.537. The maximum atomic E-state index is 11.3. The monoisotopic (exact) mass is 367 g/mol. The molecule has 2 aliphatic rings. The van der Waals surface area contributed by atoms with E-state index in [-0.39, 0.29) is 0 Å². The van der Waals surface area contributed by atoms with Gasteiger partial charge >= 0.3 is 0 Å². The highest BCUT2D eigenvalue weighted by atomic mass is 16.7. The van der Waals surface area contributed by atoms with Crippen LogP contribution in [0.2, 0.25) is 0 Å². The van der Waals surface area contributed by atoms with E-state index in [0.717, 1.165) is 0 Å². The van der Waals surface area contributed by atoms with Crippen molar-refractivity contribution in [1.29, 1.82) is 0 Å². The Morgan fingerprint density at radius 1 is 1.04 bits per heavy atom. The first-order chi connectivity index (χ1) is 11.7. The lowest BCUT2D eigenvalue weighted by atomic mass is 9.95. The van der Waals surface area contributed by atoms with Gasteiger partial charge < -0.3 is 50.2 Å². The van der Waals surface area contributed by atoms with E-state index in [1.807, 2.05) is 0 Å². The van der Waals surface area contributed by atoms with Crippen molar-refractivity contribution in [2.45, 2.75) is 75.2 Å². The number of amides is 1. The summed E-state index contributed by atoms with van der Waals surface area (Å²) >= 11 is 0. The topological polar surface area (TPSA) is 178 Å². The summed E-state index contributed by atoms with van der Waals surface area (Å²) in [6.07, 6.45) is -12.4. The van der Waals surface area contributed by atoms with Gasteiger partial charge in [-0.05, 0) is 6.92 Å². The molecule has 2 fully saturated rings. The molecular formula is C14H25NO10. The van der Waals surface area contributed by atoms with E-state index in [9.17, 15) is 35.4 Å². The average Bonchev–Trinajstić information content (AvgIpc) is 2.56. The molecule has 2 heterocycles. The number of hydrogen-bond acceptors (Lipinski definition) is 10. The van der Waals surface area contributed by atoms with Crippen molar-refractivity contribution in [2.24, 2.45) is 0 Å². The van der Waals surface area contributed by atoms with Crippen molar-refractivity contribution in [3.05, 3.63) is 0 Å². The van der Waals surface area contributed by atoms with Crippen molar-refractivity contribution in [3.63, 3.8) is 0 Å². The molecule has 10 atom stereocenters. The number of carbonyl (C=O) groups is 1. The predicted octanol–water partition coefficient (Wildman–Crippen LogP) is -4.23. The summed E-state index contributed by atoms with van der Waals surface area (Å²) in [5, 5.41) is 61.5. The average molecular weight is 367 g/mol. The van der Waals surface area contributed by atoms with E-state index in [2.05, 4.69) is 5.32 Å². The predicted molar refractivity (Wildman–Crippen MR) is 78.8 cm³/mol. The van der Waals surface area contributed by atoms with E-state index in [4.69, 9.17) is 14.2 Å². The smallest absolute Gasteiger partial charge is 0.217 e. The lowest BCUT2D eigenvalue weighted by molar-refractivity contribution is -0.337. The molecule has 2 aliphatic heterocycles. The number of nitrogens with one attached hydrogen (secondary N) is 1. The molecule has 0 saturated carbocycles. The van der Waals surface area contributed by atoms with Gasteiger partial charge in [-0.1, -0.05) is 0 Å². The molecule has 0 bridgehead atoms. The second-order valence-electron chi connectivity index (χ2n) is 6.25. The van der Waals surface area contributed by atoms with Crippen LogP contribution in [0.5, 0.6) is 0 Å². The fraction of sp³-hybridized carbons (Fsp3) is 0.929. The van der Waals surface area contributed by atoms with Gasteiger partial charge in [0.1, 0.15) is 42.7 Å². The molecule has 0 spiro atoms. The molecule has 0 aliphatic carbocycles. The van der Waals surface area contributed by atoms with Crippen LogP contribution < -0.4 is 5.32 Å². The molecule has 2 saturated heterocycles. The van der Waals surface area contributed by atoms with E-state index >= 15 is 0 Å². The Hall–Kier alpha value is -0.890. The van der Waals surface area contributed by atoms with E-state index < -0.39 is 73.9 Å². The summed E-state index contributed by atoms with van der Waals surface area (Å²) in [6.45, 7) is 2.01. The summed E-state index contributed by atoms with van der Waals surface area (Å²) in [5.41, 5.74) is 0. The molecular weight excluding hydrogens is 342 g/mol. The Kier molecular flexibility index (Phi) is 6.70. The van der Waals surface area contributed by atoms with Gasteiger partial charge in [0.25, 0.3) is 0 Å². The molecule has 1 amide bonds. The number of rotatable bonds is 4. The van der Waals surface area contributed by atoms with Crippen LogP contribution in [0.3, 0.4) is 0 Å².